The van der Waals surface area contributed by atoms with Crippen molar-refractivity contribution in [3.63, 3.8) is 0 Å². The van der Waals surface area contributed by atoms with Gasteiger partial charge in [0.05, 0.1) is 6.10 Å². The maximum absolute atomic E-state index is 11.8. The topological polar surface area (TPSA) is 87.0 Å². The van der Waals surface area contributed by atoms with Crippen LogP contribution in [0.5, 0.6) is 11.5 Å². The molecule has 5 heteroatoms. The highest BCUT2D eigenvalue weighted by atomic mass is 16.5. The minimum absolute atomic E-state index is 0.0844. The SMILES string of the molecule is CCCC(O)CC1Cc2cc(O)cc(O)c2C(=O)O1. The Hall–Kier alpha value is -1.75. The zero-order valence-electron chi connectivity index (χ0n) is 10.8. The van der Waals surface area contributed by atoms with Crippen LogP contribution in [0.15, 0.2) is 12.1 Å². The van der Waals surface area contributed by atoms with Gasteiger partial charge in [0.25, 0.3) is 0 Å². The van der Waals surface area contributed by atoms with Gasteiger partial charge in [-0.15, -0.1) is 0 Å². The van der Waals surface area contributed by atoms with Gasteiger partial charge in [-0.05, 0) is 18.1 Å². The van der Waals surface area contributed by atoms with E-state index in [4.69, 9.17) is 4.74 Å². The van der Waals surface area contributed by atoms with Crippen molar-refractivity contribution in [3.8, 4) is 11.5 Å². The molecule has 0 fully saturated rings. The van der Waals surface area contributed by atoms with Gasteiger partial charge in [0.2, 0.25) is 0 Å². The van der Waals surface area contributed by atoms with Gasteiger partial charge in [0.15, 0.2) is 0 Å². The molecule has 1 aromatic carbocycles. The van der Waals surface area contributed by atoms with Gasteiger partial charge in [-0.3, -0.25) is 0 Å². The molecular weight excluding hydrogens is 248 g/mol. The minimum atomic E-state index is -0.604. The molecule has 1 heterocycles. The van der Waals surface area contributed by atoms with Crippen LogP contribution in [0, 0.1) is 0 Å². The number of cyclic esters (lactones) is 1. The van der Waals surface area contributed by atoms with E-state index in [0.29, 0.717) is 24.8 Å². The number of hydrogen-bond donors (Lipinski definition) is 3. The number of hydrogen-bond acceptors (Lipinski definition) is 5. The number of ether oxygens (including phenoxy) is 1. The number of phenolic OH excluding ortho intramolecular Hbond substituents is 2. The number of phenols is 2. The van der Waals surface area contributed by atoms with Crippen molar-refractivity contribution >= 4 is 5.97 Å². The quantitative estimate of drug-likeness (QED) is 0.722. The number of fused-ring (bicyclic) bond motifs is 1. The number of esters is 1. The first-order chi connectivity index (χ1) is 9.01. The van der Waals surface area contributed by atoms with Crippen LogP contribution in [0.2, 0.25) is 0 Å². The number of carbonyl (C=O) groups excluding carboxylic acids is 1. The lowest BCUT2D eigenvalue weighted by Crippen LogP contribution is -2.31. The summed E-state index contributed by atoms with van der Waals surface area (Å²) >= 11 is 0. The van der Waals surface area contributed by atoms with Crippen molar-refractivity contribution in [2.24, 2.45) is 0 Å². The van der Waals surface area contributed by atoms with E-state index in [-0.39, 0.29) is 17.1 Å². The summed E-state index contributed by atoms with van der Waals surface area (Å²) in [6.07, 6.45) is 1.36. The predicted octanol–water partition coefficient (Wildman–Crippen LogP) is 1.73. The van der Waals surface area contributed by atoms with Crippen molar-refractivity contribution in [2.75, 3.05) is 0 Å². The molecule has 2 rings (SSSR count). The van der Waals surface area contributed by atoms with E-state index in [9.17, 15) is 20.1 Å². The zero-order valence-corrected chi connectivity index (χ0v) is 10.8. The number of aromatic hydroxyl groups is 2. The molecule has 1 aromatic rings. The summed E-state index contributed by atoms with van der Waals surface area (Å²) in [5, 5.41) is 28.9. The molecule has 0 aromatic heterocycles. The van der Waals surface area contributed by atoms with Crippen LogP contribution in [-0.2, 0) is 11.2 Å². The number of carbonyl (C=O) groups is 1. The van der Waals surface area contributed by atoms with Gasteiger partial charge in [0, 0.05) is 18.9 Å². The number of benzene rings is 1. The molecular formula is C14H18O5. The Balaban J connectivity index is 2.17. The van der Waals surface area contributed by atoms with Gasteiger partial charge in [-0.2, -0.15) is 0 Å². The molecule has 0 bridgehead atoms. The van der Waals surface area contributed by atoms with Crippen LogP contribution in [0.3, 0.4) is 0 Å². The maximum Gasteiger partial charge on any atom is 0.342 e. The summed E-state index contributed by atoms with van der Waals surface area (Å²) in [5.74, 6) is -0.959. The lowest BCUT2D eigenvalue weighted by Gasteiger charge is -2.26. The predicted molar refractivity (Wildman–Crippen MR) is 68.2 cm³/mol. The maximum atomic E-state index is 11.8. The molecule has 0 saturated heterocycles. The molecule has 1 aliphatic rings. The highest BCUT2D eigenvalue weighted by Gasteiger charge is 2.30. The summed E-state index contributed by atoms with van der Waals surface area (Å²) in [7, 11) is 0. The lowest BCUT2D eigenvalue weighted by molar-refractivity contribution is 0.00881. The van der Waals surface area contributed by atoms with E-state index in [1.165, 1.54) is 6.07 Å². The van der Waals surface area contributed by atoms with Crippen molar-refractivity contribution in [3.05, 3.63) is 23.3 Å². The Kier molecular flexibility index (Phi) is 3.95. The molecule has 19 heavy (non-hydrogen) atoms. The average molecular weight is 266 g/mol. The smallest absolute Gasteiger partial charge is 0.342 e. The average Bonchev–Trinajstić information content (AvgIpc) is 2.26. The zero-order chi connectivity index (χ0) is 14.0. The van der Waals surface area contributed by atoms with Crippen LogP contribution >= 0.6 is 0 Å². The van der Waals surface area contributed by atoms with Crippen LogP contribution in [0.4, 0.5) is 0 Å². The van der Waals surface area contributed by atoms with Gasteiger partial charge >= 0.3 is 5.97 Å². The molecule has 104 valence electrons. The Morgan fingerprint density at radius 1 is 1.42 bits per heavy atom. The molecule has 2 atom stereocenters. The highest BCUT2D eigenvalue weighted by molar-refractivity contribution is 5.95. The Labute approximate surface area is 111 Å². The fourth-order valence-electron chi connectivity index (χ4n) is 2.45. The summed E-state index contributed by atoms with van der Waals surface area (Å²) < 4.78 is 5.21. The summed E-state index contributed by atoms with van der Waals surface area (Å²) in [5.41, 5.74) is 0.668. The van der Waals surface area contributed by atoms with Gasteiger partial charge in [0.1, 0.15) is 23.2 Å². The monoisotopic (exact) mass is 266 g/mol. The molecule has 0 spiro atoms. The van der Waals surface area contributed by atoms with Gasteiger partial charge in [-0.1, -0.05) is 13.3 Å². The molecule has 0 amide bonds. The highest BCUT2D eigenvalue weighted by Crippen LogP contribution is 2.33. The van der Waals surface area contributed by atoms with Gasteiger partial charge < -0.3 is 20.1 Å². The molecule has 1 aliphatic heterocycles. The first-order valence-corrected chi connectivity index (χ1v) is 6.45. The standard InChI is InChI=1S/C14H18O5/c1-2-3-9(15)6-11-5-8-4-10(16)7-12(17)13(8)14(18)19-11/h4,7,9,11,15-17H,2-3,5-6H2,1H3. The van der Waals surface area contributed by atoms with E-state index < -0.39 is 18.2 Å². The van der Waals surface area contributed by atoms with E-state index in [1.54, 1.807) is 0 Å². The van der Waals surface area contributed by atoms with Crippen molar-refractivity contribution in [1.29, 1.82) is 0 Å². The largest absolute Gasteiger partial charge is 0.508 e. The fraction of sp³-hybridized carbons (Fsp3) is 0.500. The fourth-order valence-corrected chi connectivity index (χ4v) is 2.45. The first kappa shape index (κ1) is 13.7. The molecule has 3 N–H and O–H groups in total. The third-order valence-corrected chi connectivity index (χ3v) is 3.27. The number of rotatable bonds is 4. The van der Waals surface area contributed by atoms with Crippen LogP contribution in [0.25, 0.3) is 0 Å². The molecule has 0 saturated carbocycles. The minimum Gasteiger partial charge on any atom is -0.508 e. The Bertz CT molecular complexity index is 483. The summed E-state index contributed by atoms with van der Waals surface area (Å²) in [6, 6.07) is 2.57. The van der Waals surface area contributed by atoms with E-state index in [2.05, 4.69) is 0 Å². The first-order valence-electron chi connectivity index (χ1n) is 6.45. The molecule has 2 unspecified atom stereocenters. The second-order valence-electron chi connectivity index (χ2n) is 4.91. The van der Waals surface area contributed by atoms with Crippen LogP contribution < -0.4 is 0 Å². The third kappa shape index (κ3) is 2.98. The van der Waals surface area contributed by atoms with Crippen LogP contribution in [0.1, 0.15) is 42.1 Å². The van der Waals surface area contributed by atoms with Gasteiger partial charge in [-0.25, -0.2) is 4.79 Å². The second-order valence-corrected chi connectivity index (χ2v) is 4.91. The van der Waals surface area contributed by atoms with Crippen LogP contribution in [-0.4, -0.2) is 33.5 Å². The van der Waals surface area contributed by atoms with E-state index in [0.717, 1.165) is 12.5 Å². The Morgan fingerprint density at radius 2 is 2.16 bits per heavy atom. The second kappa shape index (κ2) is 5.48. The normalized spacial score (nSPS) is 19.7. The summed E-state index contributed by atoms with van der Waals surface area (Å²) in [6.45, 7) is 1.97. The number of aliphatic hydroxyl groups excluding tert-OH is 1. The molecule has 0 aliphatic carbocycles. The van der Waals surface area contributed by atoms with Crippen molar-refractivity contribution < 1.29 is 24.9 Å². The molecule has 0 radical (unpaired) electrons. The molecule has 5 nitrogen and oxygen atoms in total. The Morgan fingerprint density at radius 3 is 2.84 bits per heavy atom. The van der Waals surface area contributed by atoms with Crippen molar-refractivity contribution in [2.45, 2.75) is 44.8 Å². The van der Waals surface area contributed by atoms with Crippen molar-refractivity contribution in [1.82, 2.24) is 0 Å². The van der Waals surface area contributed by atoms with E-state index in [1.807, 2.05) is 6.92 Å². The summed E-state index contributed by atoms with van der Waals surface area (Å²) in [4.78, 5) is 11.8. The third-order valence-electron chi connectivity index (χ3n) is 3.27. The van der Waals surface area contributed by atoms with E-state index >= 15 is 0 Å². The number of aliphatic hydroxyl groups is 1. The lowest BCUT2D eigenvalue weighted by atomic mass is 9.94.